The minimum atomic E-state index is -0.178. The lowest BCUT2D eigenvalue weighted by atomic mass is 10.1. The van der Waals surface area contributed by atoms with E-state index in [2.05, 4.69) is 15.6 Å². The molecule has 0 spiro atoms. The maximum atomic E-state index is 13.7. The lowest BCUT2D eigenvalue weighted by Crippen LogP contribution is -2.38. The molecule has 0 heterocycles. The predicted molar refractivity (Wildman–Crippen MR) is 107 cm³/mol. The van der Waals surface area contributed by atoms with E-state index in [-0.39, 0.29) is 5.82 Å². The lowest BCUT2D eigenvalue weighted by molar-refractivity contribution is 0.310. The smallest absolute Gasteiger partial charge is 0.191 e. The average molecular weight is 373 g/mol. The quantitative estimate of drug-likeness (QED) is 0.522. The van der Waals surface area contributed by atoms with E-state index in [1.165, 1.54) is 6.07 Å². The van der Waals surface area contributed by atoms with Crippen molar-refractivity contribution in [3.8, 4) is 11.5 Å². The molecule has 6 heteroatoms. The topological polar surface area (TPSA) is 54.9 Å². The van der Waals surface area contributed by atoms with E-state index in [1.54, 1.807) is 19.2 Å². The second-order valence-corrected chi connectivity index (χ2v) is 5.88. The SMILES string of the molecule is CCNC(=NCc1ccc(OCC)c(OC)c1)NCCc1ccccc1F. The molecule has 146 valence electrons. The van der Waals surface area contributed by atoms with Crippen LogP contribution >= 0.6 is 0 Å². The van der Waals surface area contributed by atoms with Gasteiger partial charge in [-0.25, -0.2) is 9.38 Å². The minimum absolute atomic E-state index is 0.178. The van der Waals surface area contributed by atoms with Gasteiger partial charge in [0.1, 0.15) is 5.82 Å². The number of hydrogen-bond acceptors (Lipinski definition) is 3. The predicted octanol–water partition coefficient (Wildman–Crippen LogP) is 3.53. The molecule has 0 aliphatic carbocycles. The summed E-state index contributed by atoms with van der Waals surface area (Å²) in [5.74, 6) is 1.94. The summed E-state index contributed by atoms with van der Waals surface area (Å²) in [5, 5.41) is 6.45. The number of rotatable bonds is 9. The zero-order valence-corrected chi connectivity index (χ0v) is 16.2. The Balaban J connectivity index is 1.97. The van der Waals surface area contributed by atoms with Gasteiger partial charge in [0.25, 0.3) is 0 Å². The van der Waals surface area contributed by atoms with E-state index < -0.39 is 0 Å². The van der Waals surface area contributed by atoms with Crippen LogP contribution in [-0.4, -0.2) is 32.8 Å². The Bertz CT molecular complexity index is 750. The summed E-state index contributed by atoms with van der Waals surface area (Å²) in [6.07, 6.45) is 0.591. The molecule has 2 aromatic carbocycles. The van der Waals surface area contributed by atoms with Crippen LogP contribution in [0.4, 0.5) is 4.39 Å². The molecular weight excluding hydrogens is 345 g/mol. The highest BCUT2D eigenvalue weighted by Crippen LogP contribution is 2.28. The molecule has 0 aliphatic rings. The fraction of sp³-hybridized carbons (Fsp3) is 0.381. The number of guanidine groups is 1. The fourth-order valence-electron chi connectivity index (χ4n) is 2.61. The number of methoxy groups -OCH3 is 1. The van der Waals surface area contributed by atoms with Gasteiger partial charge in [-0.15, -0.1) is 0 Å². The third kappa shape index (κ3) is 6.47. The molecule has 0 aliphatic heterocycles. The van der Waals surface area contributed by atoms with Crippen LogP contribution < -0.4 is 20.1 Å². The first-order valence-electron chi connectivity index (χ1n) is 9.23. The van der Waals surface area contributed by atoms with Crippen molar-refractivity contribution in [2.45, 2.75) is 26.8 Å². The molecule has 5 nitrogen and oxygen atoms in total. The Hall–Kier alpha value is -2.76. The molecular formula is C21H28FN3O2. The molecule has 0 unspecified atom stereocenters. The third-order valence-electron chi connectivity index (χ3n) is 3.94. The van der Waals surface area contributed by atoms with Gasteiger partial charge in [0.2, 0.25) is 0 Å². The van der Waals surface area contributed by atoms with E-state index in [0.717, 1.165) is 17.9 Å². The van der Waals surface area contributed by atoms with Crippen LogP contribution in [0.1, 0.15) is 25.0 Å². The Morgan fingerprint density at radius 1 is 1.07 bits per heavy atom. The molecule has 0 radical (unpaired) electrons. The van der Waals surface area contributed by atoms with Gasteiger partial charge >= 0.3 is 0 Å². The van der Waals surface area contributed by atoms with Crippen LogP contribution in [0.5, 0.6) is 11.5 Å². The molecule has 0 saturated heterocycles. The van der Waals surface area contributed by atoms with Crippen LogP contribution in [0, 0.1) is 5.82 Å². The van der Waals surface area contributed by atoms with E-state index in [9.17, 15) is 4.39 Å². The highest BCUT2D eigenvalue weighted by Gasteiger charge is 2.06. The molecule has 27 heavy (non-hydrogen) atoms. The van der Waals surface area contributed by atoms with E-state index in [4.69, 9.17) is 9.47 Å². The van der Waals surface area contributed by atoms with Crippen LogP contribution in [-0.2, 0) is 13.0 Å². The highest BCUT2D eigenvalue weighted by molar-refractivity contribution is 5.79. The first-order chi connectivity index (χ1) is 13.2. The van der Waals surface area contributed by atoms with Crippen LogP contribution in [0.3, 0.4) is 0 Å². The Morgan fingerprint density at radius 3 is 2.59 bits per heavy atom. The van der Waals surface area contributed by atoms with Gasteiger partial charge in [-0.05, 0) is 49.6 Å². The Labute approximate surface area is 160 Å². The summed E-state index contributed by atoms with van der Waals surface area (Å²) in [7, 11) is 1.62. The van der Waals surface area contributed by atoms with Crippen LogP contribution in [0.25, 0.3) is 0 Å². The Kier molecular flexibility index (Phi) is 8.42. The monoisotopic (exact) mass is 373 g/mol. The average Bonchev–Trinajstić information content (AvgIpc) is 2.68. The van der Waals surface area contributed by atoms with Gasteiger partial charge in [0.05, 0.1) is 20.3 Å². The molecule has 2 rings (SSSR count). The van der Waals surface area contributed by atoms with Crippen LogP contribution in [0.15, 0.2) is 47.5 Å². The maximum absolute atomic E-state index is 13.7. The van der Waals surface area contributed by atoms with E-state index in [1.807, 2.05) is 38.1 Å². The van der Waals surface area contributed by atoms with Gasteiger partial charge in [0, 0.05) is 13.1 Å². The molecule has 0 amide bonds. The van der Waals surface area contributed by atoms with Gasteiger partial charge in [-0.2, -0.15) is 0 Å². The summed E-state index contributed by atoms with van der Waals surface area (Å²) >= 11 is 0. The molecule has 2 N–H and O–H groups in total. The maximum Gasteiger partial charge on any atom is 0.191 e. The van der Waals surface area contributed by atoms with Crippen molar-refractivity contribution in [2.75, 3.05) is 26.8 Å². The highest BCUT2D eigenvalue weighted by atomic mass is 19.1. The molecule has 0 aromatic heterocycles. The van der Waals surface area contributed by atoms with Crippen molar-refractivity contribution in [2.24, 2.45) is 4.99 Å². The zero-order chi connectivity index (χ0) is 19.5. The number of nitrogens with one attached hydrogen (secondary N) is 2. The van der Waals surface area contributed by atoms with Gasteiger partial charge < -0.3 is 20.1 Å². The van der Waals surface area contributed by atoms with Crippen molar-refractivity contribution in [3.05, 3.63) is 59.4 Å². The van der Waals surface area contributed by atoms with Crippen molar-refractivity contribution in [1.82, 2.24) is 10.6 Å². The third-order valence-corrected chi connectivity index (χ3v) is 3.94. The second-order valence-electron chi connectivity index (χ2n) is 5.88. The van der Waals surface area contributed by atoms with Crippen LogP contribution in [0.2, 0.25) is 0 Å². The largest absolute Gasteiger partial charge is 0.493 e. The first-order valence-corrected chi connectivity index (χ1v) is 9.23. The second kappa shape index (κ2) is 11.1. The molecule has 2 aromatic rings. The standard InChI is InChI=1S/C21H28FN3O2/c1-4-23-21(24-13-12-17-8-6-7-9-18(17)22)25-15-16-10-11-19(27-5-2)20(14-16)26-3/h6-11,14H,4-5,12-13,15H2,1-3H3,(H2,23,24,25). The van der Waals surface area contributed by atoms with Gasteiger partial charge in [-0.3, -0.25) is 0 Å². The lowest BCUT2D eigenvalue weighted by Gasteiger charge is -2.13. The molecule has 0 fully saturated rings. The van der Waals surface area contributed by atoms with Crippen molar-refractivity contribution in [1.29, 1.82) is 0 Å². The number of ether oxygens (including phenoxy) is 2. The fourth-order valence-corrected chi connectivity index (χ4v) is 2.61. The van der Waals surface area contributed by atoms with Gasteiger partial charge in [-0.1, -0.05) is 24.3 Å². The molecule has 0 bridgehead atoms. The number of nitrogens with zero attached hydrogens (tertiary/aromatic N) is 1. The summed E-state index contributed by atoms with van der Waals surface area (Å²) in [4.78, 5) is 4.59. The molecule has 0 atom stereocenters. The minimum Gasteiger partial charge on any atom is -0.493 e. The Morgan fingerprint density at radius 2 is 1.89 bits per heavy atom. The van der Waals surface area contributed by atoms with Gasteiger partial charge in [0.15, 0.2) is 17.5 Å². The number of benzene rings is 2. The number of aliphatic imine (C=N–C) groups is 1. The summed E-state index contributed by atoms with van der Waals surface area (Å²) in [5.41, 5.74) is 1.71. The summed E-state index contributed by atoms with van der Waals surface area (Å²) < 4.78 is 24.6. The van der Waals surface area contributed by atoms with E-state index >= 15 is 0 Å². The van der Waals surface area contributed by atoms with Crippen molar-refractivity contribution in [3.63, 3.8) is 0 Å². The first kappa shape index (κ1) is 20.6. The number of halogens is 1. The zero-order valence-electron chi connectivity index (χ0n) is 16.2. The normalized spacial score (nSPS) is 11.2. The van der Waals surface area contributed by atoms with Crippen molar-refractivity contribution >= 4 is 5.96 Å². The van der Waals surface area contributed by atoms with E-state index in [0.29, 0.717) is 43.4 Å². The number of hydrogen-bond donors (Lipinski definition) is 2. The molecule has 0 saturated carbocycles. The summed E-state index contributed by atoms with van der Waals surface area (Å²) in [6, 6.07) is 12.6. The van der Waals surface area contributed by atoms with Crippen molar-refractivity contribution < 1.29 is 13.9 Å². The summed E-state index contributed by atoms with van der Waals surface area (Å²) in [6.45, 7) is 6.38.